The average molecular weight is 477 g/mol. The number of alkyl halides is 3. The standard InChI is InChI=1S/C22H19F4N5OS/c1-11-29-19(20(33-11)12-2-4-13(23)5-3-12)21(32)31-14-6-7-16(31)15(8-14)30-18-10-27-17(9-28-18)22(24,25)26/h2-5,9-10,14-16H,6-8H2,1H3,(H,28,30)/t14-,15-,16+/m1/s1. The molecule has 172 valence electrons. The number of carbonyl (C=O) groups excluding carboxylic acids is 1. The van der Waals surface area contributed by atoms with Crippen LogP contribution in [0.2, 0.25) is 0 Å². The summed E-state index contributed by atoms with van der Waals surface area (Å²) in [5.41, 5.74) is 0.0209. The van der Waals surface area contributed by atoms with Gasteiger partial charge in [0.15, 0.2) is 5.69 Å². The van der Waals surface area contributed by atoms with E-state index in [4.69, 9.17) is 0 Å². The fourth-order valence-corrected chi connectivity index (χ4v) is 5.61. The van der Waals surface area contributed by atoms with Gasteiger partial charge in [0.25, 0.3) is 5.91 Å². The lowest BCUT2D eigenvalue weighted by Crippen LogP contribution is -2.40. The Hall–Kier alpha value is -3.08. The molecule has 2 bridgehead atoms. The van der Waals surface area contributed by atoms with Gasteiger partial charge in [-0.15, -0.1) is 11.3 Å². The number of rotatable bonds is 4. The van der Waals surface area contributed by atoms with E-state index in [2.05, 4.69) is 20.3 Å². The minimum absolute atomic E-state index is 0.00508. The normalized spacial score (nSPS) is 22.1. The predicted octanol–water partition coefficient (Wildman–Crippen LogP) is 4.92. The number of hydrogen-bond donors (Lipinski definition) is 1. The van der Waals surface area contributed by atoms with E-state index >= 15 is 0 Å². The van der Waals surface area contributed by atoms with Gasteiger partial charge in [0.05, 0.1) is 34.4 Å². The van der Waals surface area contributed by atoms with Crippen LogP contribution in [0.1, 0.15) is 40.5 Å². The second kappa shape index (κ2) is 8.05. The van der Waals surface area contributed by atoms with Gasteiger partial charge >= 0.3 is 6.18 Å². The number of amides is 1. The summed E-state index contributed by atoms with van der Waals surface area (Å²) in [6, 6.07) is 5.69. The predicted molar refractivity (Wildman–Crippen MR) is 114 cm³/mol. The van der Waals surface area contributed by atoms with Crippen molar-refractivity contribution in [2.24, 2.45) is 0 Å². The maximum atomic E-state index is 13.6. The summed E-state index contributed by atoms with van der Waals surface area (Å²) in [5.74, 6) is -0.302. The molecule has 1 N–H and O–H groups in total. The number of nitrogens with zero attached hydrogens (tertiary/aromatic N) is 4. The number of thiazole rings is 1. The molecular weight excluding hydrogens is 458 g/mol. The van der Waals surface area contributed by atoms with Crippen molar-refractivity contribution in [3.63, 3.8) is 0 Å². The van der Waals surface area contributed by atoms with Crippen molar-refractivity contribution in [2.75, 3.05) is 5.32 Å². The van der Waals surface area contributed by atoms with Gasteiger partial charge < -0.3 is 10.2 Å². The number of hydrogen-bond acceptors (Lipinski definition) is 6. The van der Waals surface area contributed by atoms with Crippen LogP contribution in [0, 0.1) is 12.7 Å². The second-order valence-electron chi connectivity index (χ2n) is 8.20. The quantitative estimate of drug-likeness (QED) is 0.540. The zero-order chi connectivity index (χ0) is 23.3. The molecule has 6 nitrogen and oxygen atoms in total. The summed E-state index contributed by atoms with van der Waals surface area (Å²) in [6.07, 6.45) is -0.495. The topological polar surface area (TPSA) is 71.0 Å². The maximum absolute atomic E-state index is 13.6. The molecule has 3 aromatic rings. The van der Waals surface area contributed by atoms with Gasteiger partial charge in [-0.1, -0.05) is 12.1 Å². The van der Waals surface area contributed by atoms with Crippen molar-refractivity contribution in [3.8, 4) is 10.4 Å². The first-order valence-corrected chi connectivity index (χ1v) is 11.2. The smallest absolute Gasteiger partial charge is 0.364 e. The number of nitrogens with one attached hydrogen (secondary N) is 1. The Balaban J connectivity index is 1.36. The van der Waals surface area contributed by atoms with Crippen LogP contribution in [-0.2, 0) is 6.18 Å². The van der Waals surface area contributed by atoms with Crippen LogP contribution in [0.4, 0.5) is 23.4 Å². The van der Waals surface area contributed by atoms with E-state index in [1.54, 1.807) is 12.1 Å². The number of halogens is 4. The Morgan fingerprint density at radius 1 is 1.15 bits per heavy atom. The van der Waals surface area contributed by atoms with Crippen LogP contribution < -0.4 is 5.32 Å². The van der Waals surface area contributed by atoms with Crippen LogP contribution in [0.25, 0.3) is 10.4 Å². The van der Waals surface area contributed by atoms with E-state index in [1.165, 1.54) is 23.5 Å². The number of fused-ring (bicyclic) bond motifs is 2. The molecule has 3 atom stereocenters. The van der Waals surface area contributed by atoms with Crippen molar-refractivity contribution in [1.82, 2.24) is 19.9 Å². The first-order chi connectivity index (χ1) is 15.7. The van der Waals surface area contributed by atoms with Crippen LogP contribution in [0.15, 0.2) is 36.7 Å². The molecule has 1 aromatic carbocycles. The van der Waals surface area contributed by atoms with E-state index in [9.17, 15) is 22.4 Å². The first-order valence-electron chi connectivity index (χ1n) is 10.4. The van der Waals surface area contributed by atoms with E-state index < -0.39 is 11.9 Å². The van der Waals surface area contributed by atoms with Gasteiger partial charge in [-0.2, -0.15) is 13.2 Å². The highest BCUT2D eigenvalue weighted by atomic mass is 32.1. The molecule has 33 heavy (non-hydrogen) atoms. The van der Waals surface area contributed by atoms with Crippen LogP contribution >= 0.6 is 11.3 Å². The monoisotopic (exact) mass is 477 g/mol. The van der Waals surface area contributed by atoms with E-state index in [-0.39, 0.29) is 35.7 Å². The minimum Gasteiger partial charge on any atom is -0.364 e. The lowest BCUT2D eigenvalue weighted by atomic mass is 9.95. The van der Waals surface area contributed by atoms with Crippen LogP contribution in [0.5, 0.6) is 0 Å². The van der Waals surface area contributed by atoms with Gasteiger partial charge in [0.2, 0.25) is 0 Å². The third kappa shape index (κ3) is 4.05. The molecular formula is C22H19F4N5OS. The van der Waals surface area contributed by atoms with Crippen LogP contribution in [0.3, 0.4) is 0 Å². The van der Waals surface area contributed by atoms with E-state index in [1.807, 2.05) is 11.8 Å². The van der Waals surface area contributed by atoms with Crippen molar-refractivity contribution < 1.29 is 22.4 Å². The highest BCUT2D eigenvalue weighted by Gasteiger charge is 2.49. The molecule has 0 saturated carbocycles. The molecule has 4 heterocycles. The van der Waals surface area contributed by atoms with Gasteiger partial charge in [0.1, 0.15) is 17.3 Å². The van der Waals surface area contributed by atoms with Crippen molar-refractivity contribution in [2.45, 2.75) is 50.5 Å². The summed E-state index contributed by atoms with van der Waals surface area (Å²) in [5, 5.41) is 3.89. The molecule has 1 amide bonds. The van der Waals surface area contributed by atoms with Gasteiger partial charge in [-0.05, 0) is 43.9 Å². The molecule has 11 heteroatoms. The Morgan fingerprint density at radius 3 is 2.58 bits per heavy atom. The van der Waals surface area contributed by atoms with E-state index in [0.717, 1.165) is 29.6 Å². The largest absolute Gasteiger partial charge is 0.434 e. The van der Waals surface area contributed by atoms with Crippen molar-refractivity contribution in [3.05, 3.63) is 58.9 Å². The number of benzene rings is 1. The third-order valence-electron chi connectivity index (χ3n) is 6.09. The molecule has 0 unspecified atom stereocenters. The summed E-state index contributed by atoms with van der Waals surface area (Å²) in [7, 11) is 0. The van der Waals surface area contributed by atoms with Gasteiger partial charge in [-0.3, -0.25) is 4.79 Å². The highest BCUT2D eigenvalue weighted by molar-refractivity contribution is 7.15. The summed E-state index contributed by atoms with van der Waals surface area (Å²) in [4.78, 5) is 27.8. The molecule has 0 radical (unpaired) electrons. The van der Waals surface area contributed by atoms with Crippen LogP contribution in [-0.4, -0.2) is 43.9 Å². The molecule has 2 aliphatic rings. The molecule has 2 aliphatic heterocycles. The molecule has 0 aliphatic carbocycles. The second-order valence-corrected chi connectivity index (χ2v) is 9.40. The average Bonchev–Trinajstić information content (AvgIpc) is 3.46. The summed E-state index contributed by atoms with van der Waals surface area (Å²) < 4.78 is 51.6. The van der Waals surface area contributed by atoms with Crippen molar-refractivity contribution in [1.29, 1.82) is 0 Å². The number of carbonyl (C=O) groups is 1. The van der Waals surface area contributed by atoms with E-state index in [0.29, 0.717) is 23.2 Å². The molecule has 5 rings (SSSR count). The zero-order valence-corrected chi connectivity index (χ0v) is 18.3. The SMILES string of the molecule is Cc1nc(C(=O)N2[C@@H]3CC[C@H]2[C@H](Nc2cnc(C(F)(F)F)cn2)C3)c(-c2ccc(F)cc2)s1. The Kier molecular flexibility index (Phi) is 5.31. The summed E-state index contributed by atoms with van der Waals surface area (Å²) >= 11 is 1.38. The first kappa shape index (κ1) is 21.7. The highest BCUT2D eigenvalue weighted by Crippen LogP contribution is 2.41. The fourth-order valence-electron chi connectivity index (χ4n) is 4.69. The summed E-state index contributed by atoms with van der Waals surface area (Å²) in [6.45, 7) is 1.82. The zero-order valence-electron chi connectivity index (χ0n) is 17.4. The number of aryl methyl sites for hydroxylation is 1. The lowest BCUT2D eigenvalue weighted by molar-refractivity contribution is -0.141. The Morgan fingerprint density at radius 2 is 1.91 bits per heavy atom. The molecule has 2 fully saturated rings. The van der Waals surface area contributed by atoms with Gasteiger partial charge in [0, 0.05) is 6.04 Å². The Bertz CT molecular complexity index is 1180. The molecule has 2 saturated heterocycles. The minimum atomic E-state index is -4.55. The number of anilines is 1. The fraction of sp³-hybridized carbons (Fsp3) is 0.364. The third-order valence-corrected chi connectivity index (χ3v) is 7.11. The molecule has 0 spiro atoms. The molecule has 2 aromatic heterocycles. The van der Waals surface area contributed by atoms with Crippen molar-refractivity contribution >= 4 is 23.1 Å². The lowest BCUT2D eigenvalue weighted by Gasteiger charge is -2.25. The maximum Gasteiger partial charge on any atom is 0.434 e. The number of aromatic nitrogens is 3. The Labute approximate surface area is 190 Å². The van der Waals surface area contributed by atoms with Gasteiger partial charge in [-0.25, -0.2) is 19.3 Å².